The summed E-state index contributed by atoms with van der Waals surface area (Å²) in [5.41, 5.74) is 1.95. The number of rotatable bonds is 5. The Balaban J connectivity index is 2.22. The van der Waals surface area contributed by atoms with E-state index in [0.29, 0.717) is 0 Å². The molecule has 0 aliphatic rings. The van der Waals surface area contributed by atoms with Gasteiger partial charge in [0, 0.05) is 11.6 Å². The van der Waals surface area contributed by atoms with Gasteiger partial charge in [0.1, 0.15) is 0 Å². The van der Waals surface area contributed by atoms with Crippen LogP contribution < -0.4 is 0 Å². The number of benzene rings is 1. The van der Waals surface area contributed by atoms with Gasteiger partial charge in [0.05, 0.1) is 11.6 Å². The van der Waals surface area contributed by atoms with Gasteiger partial charge in [-0.3, -0.25) is 4.98 Å². The molecule has 0 aliphatic heterocycles. The Morgan fingerprint density at radius 3 is 3.00 bits per heavy atom. The van der Waals surface area contributed by atoms with Gasteiger partial charge in [-0.05, 0) is 42.5 Å². The Morgan fingerprint density at radius 2 is 2.18 bits per heavy atom. The third-order valence-corrected chi connectivity index (χ3v) is 3.56. The molecule has 1 heterocycles. The van der Waals surface area contributed by atoms with Crippen molar-refractivity contribution in [3.8, 4) is 0 Å². The number of aromatic nitrogens is 1. The van der Waals surface area contributed by atoms with Crippen molar-refractivity contribution < 1.29 is 5.11 Å². The van der Waals surface area contributed by atoms with Crippen molar-refractivity contribution in [1.82, 2.24) is 4.98 Å². The number of thioether (sulfide) groups is 1. The average molecular weight is 247 g/mol. The van der Waals surface area contributed by atoms with Crippen LogP contribution in [0.2, 0.25) is 0 Å². The molecule has 0 saturated heterocycles. The number of aliphatic hydroxyl groups excluding tert-OH is 1. The Bertz CT molecular complexity index is 481. The van der Waals surface area contributed by atoms with E-state index in [4.69, 9.17) is 0 Å². The maximum Gasteiger partial charge on any atom is 0.0796 e. The standard InChI is InChI=1S/C14H17NOS/c1-17-10-4-8-14(16)12-5-2-7-13-11(12)6-3-9-15-13/h2-3,5-7,9,14,16H,4,8,10H2,1H3. The van der Waals surface area contributed by atoms with E-state index in [1.165, 1.54) is 0 Å². The van der Waals surface area contributed by atoms with Gasteiger partial charge < -0.3 is 5.11 Å². The number of pyridine rings is 1. The molecule has 0 spiro atoms. The van der Waals surface area contributed by atoms with Gasteiger partial charge in [0.15, 0.2) is 0 Å². The maximum atomic E-state index is 10.2. The molecule has 2 aromatic rings. The summed E-state index contributed by atoms with van der Waals surface area (Å²) in [6.07, 6.45) is 5.35. The molecule has 0 aliphatic carbocycles. The highest BCUT2D eigenvalue weighted by atomic mass is 32.2. The molecular formula is C14H17NOS. The lowest BCUT2D eigenvalue weighted by molar-refractivity contribution is 0.168. The second-order valence-electron chi connectivity index (χ2n) is 4.07. The molecule has 0 saturated carbocycles. The Hall–Kier alpha value is -1.06. The molecule has 1 aromatic carbocycles. The van der Waals surface area contributed by atoms with E-state index >= 15 is 0 Å². The zero-order chi connectivity index (χ0) is 12.1. The van der Waals surface area contributed by atoms with E-state index in [1.54, 1.807) is 6.20 Å². The first-order valence-corrected chi connectivity index (χ1v) is 7.23. The highest BCUT2D eigenvalue weighted by Crippen LogP contribution is 2.26. The number of hydrogen-bond donors (Lipinski definition) is 1. The quantitative estimate of drug-likeness (QED) is 0.822. The van der Waals surface area contributed by atoms with Crippen molar-refractivity contribution >= 4 is 22.7 Å². The van der Waals surface area contributed by atoms with Crippen molar-refractivity contribution in [2.45, 2.75) is 18.9 Å². The first kappa shape index (κ1) is 12.4. The van der Waals surface area contributed by atoms with E-state index in [0.717, 1.165) is 35.1 Å². The molecule has 1 unspecified atom stereocenters. The van der Waals surface area contributed by atoms with Crippen LogP contribution in [0.25, 0.3) is 10.9 Å². The zero-order valence-corrected chi connectivity index (χ0v) is 10.8. The average Bonchev–Trinajstić information content (AvgIpc) is 2.38. The first-order valence-electron chi connectivity index (χ1n) is 5.83. The predicted octanol–water partition coefficient (Wildman–Crippen LogP) is 3.41. The Morgan fingerprint density at radius 1 is 1.29 bits per heavy atom. The molecule has 2 rings (SSSR count). The summed E-state index contributed by atoms with van der Waals surface area (Å²) >= 11 is 1.82. The van der Waals surface area contributed by atoms with Crippen LogP contribution in [0.3, 0.4) is 0 Å². The minimum absolute atomic E-state index is 0.380. The molecule has 2 nitrogen and oxygen atoms in total. The van der Waals surface area contributed by atoms with Gasteiger partial charge in [-0.2, -0.15) is 11.8 Å². The summed E-state index contributed by atoms with van der Waals surface area (Å²) in [5.74, 6) is 1.10. The maximum absolute atomic E-state index is 10.2. The molecule has 0 fully saturated rings. The van der Waals surface area contributed by atoms with E-state index in [2.05, 4.69) is 11.2 Å². The van der Waals surface area contributed by atoms with Crippen LogP contribution in [0.15, 0.2) is 36.5 Å². The molecular weight excluding hydrogens is 230 g/mol. The molecule has 1 N–H and O–H groups in total. The highest BCUT2D eigenvalue weighted by molar-refractivity contribution is 7.98. The predicted molar refractivity (Wildman–Crippen MR) is 74.3 cm³/mol. The van der Waals surface area contributed by atoms with Crippen molar-refractivity contribution in [3.05, 3.63) is 42.1 Å². The minimum Gasteiger partial charge on any atom is -0.388 e. The number of hydrogen-bond acceptors (Lipinski definition) is 3. The van der Waals surface area contributed by atoms with E-state index in [-0.39, 0.29) is 6.10 Å². The summed E-state index contributed by atoms with van der Waals surface area (Å²) in [7, 11) is 0. The summed E-state index contributed by atoms with van der Waals surface area (Å²) in [4.78, 5) is 4.31. The lowest BCUT2D eigenvalue weighted by Crippen LogP contribution is -1.99. The number of fused-ring (bicyclic) bond motifs is 1. The fourth-order valence-corrected chi connectivity index (χ4v) is 2.45. The van der Waals surface area contributed by atoms with Crippen LogP contribution in [0.4, 0.5) is 0 Å². The summed E-state index contributed by atoms with van der Waals surface area (Å²) in [6, 6.07) is 9.87. The Labute approximate surface area is 106 Å². The summed E-state index contributed by atoms with van der Waals surface area (Å²) in [5, 5.41) is 11.3. The molecule has 1 atom stereocenters. The van der Waals surface area contributed by atoms with Crippen LogP contribution in [0.1, 0.15) is 24.5 Å². The number of nitrogens with zero attached hydrogens (tertiary/aromatic N) is 1. The van der Waals surface area contributed by atoms with E-state index in [1.807, 2.05) is 42.1 Å². The van der Waals surface area contributed by atoms with Gasteiger partial charge in [0.25, 0.3) is 0 Å². The number of aliphatic hydroxyl groups is 1. The molecule has 0 amide bonds. The molecule has 1 aromatic heterocycles. The van der Waals surface area contributed by atoms with Crippen LogP contribution in [-0.2, 0) is 0 Å². The van der Waals surface area contributed by atoms with Crippen LogP contribution in [-0.4, -0.2) is 22.1 Å². The normalized spacial score (nSPS) is 12.8. The van der Waals surface area contributed by atoms with E-state index < -0.39 is 0 Å². The van der Waals surface area contributed by atoms with Crippen molar-refractivity contribution in [1.29, 1.82) is 0 Å². The zero-order valence-electron chi connectivity index (χ0n) is 9.97. The largest absolute Gasteiger partial charge is 0.388 e. The topological polar surface area (TPSA) is 33.1 Å². The lowest BCUT2D eigenvalue weighted by Gasteiger charge is -2.13. The van der Waals surface area contributed by atoms with Crippen LogP contribution in [0.5, 0.6) is 0 Å². The Kier molecular flexibility index (Phi) is 4.40. The third-order valence-electron chi connectivity index (χ3n) is 2.86. The summed E-state index contributed by atoms with van der Waals surface area (Å²) < 4.78 is 0. The molecule has 0 radical (unpaired) electrons. The van der Waals surface area contributed by atoms with Crippen LogP contribution >= 0.6 is 11.8 Å². The second kappa shape index (κ2) is 6.03. The third kappa shape index (κ3) is 2.99. The lowest BCUT2D eigenvalue weighted by atomic mass is 10.0. The highest BCUT2D eigenvalue weighted by Gasteiger charge is 2.10. The van der Waals surface area contributed by atoms with Gasteiger partial charge >= 0.3 is 0 Å². The smallest absolute Gasteiger partial charge is 0.0796 e. The fourth-order valence-electron chi connectivity index (χ4n) is 1.99. The first-order chi connectivity index (χ1) is 8.33. The molecule has 90 valence electrons. The van der Waals surface area contributed by atoms with Gasteiger partial charge in [-0.15, -0.1) is 0 Å². The molecule has 17 heavy (non-hydrogen) atoms. The van der Waals surface area contributed by atoms with Gasteiger partial charge in [-0.1, -0.05) is 18.2 Å². The van der Waals surface area contributed by atoms with Crippen molar-refractivity contribution in [2.24, 2.45) is 0 Å². The SMILES string of the molecule is CSCCCC(O)c1cccc2ncccc12. The minimum atomic E-state index is -0.380. The second-order valence-corrected chi connectivity index (χ2v) is 5.05. The summed E-state index contributed by atoms with van der Waals surface area (Å²) in [6.45, 7) is 0. The van der Waals surface area contributed by atoms with Crippen molar-refractivity contribution in [2.75, 3.05) is 12.0 Å². The van der Waals surface area contributed by atoms with E-state index in [9.17, 15) is 5.11 Å². The fraction of sp³-hybridized carbons (Fsp3) is 0.357. The molecule has 3 heteroatoms. The molecule has 0 bridgehead atoms. The van der Waals surface area contributed by atoms with Crippen LogP contribution in [0, 0.1) is 0 Å². The van der Waals surface area contributed by atoms with Crippen molar-refractivity contribution in [3.63, 3.8) is 0 Å². The van der Waals surface area contributed by atoms with Gasteiger partial charge in [0.2, 0.25) is 0 Å². The monoisotopic (exact) mass is 247 g/mol. The van der Waals surface area contributed by atoms with Gasteiger partial charge in [-0.25, -0.2) is 0 Å².